The average molecular weight is 298 g/mol. The van der Waals surface area contributed by atoms with Gasteiger partial charge in [0.05, 0.1) is 6.10 Å². The number of nitrogens with zero attached hydrogens (tertiary/aromatic N) is 1. The van der Waals surface area contributed by atoms with Crippen molar-refractivity contribution in [2.45, 2.75) is 46.1 Å². The van der Waals surface area contributed by atoms with Crippen LogP contribution in [0.3, 0.4) is 0 Å². The standard InChI is InChI=1S/C17H28ClNO/c1-4-14(5-2)13-19(6-3)12-11-17(20)15-7-9-16(18)10-8-15/h7-10,14,17,20H,4-6,11-13H2,1-3H3. The molecule has 0 aliphatic heterocycles. The molecule has 1 unspecified atom stereocenters. The van der Waals surface area contributed by atoms with E-state index in [2.05, 4.69) is 25.7 Å². The van der Waals surface area contributed by atoms with Gasteiger partial charge in [0.15, 0.2) is 0 Å². The molecule has 0 bridgehead atoms. The van der Waals surface area contributed by atoms with Crippen LogP contribution in [0, 0.1) is 5.92 Å². The van der Waals surface area contributed by atoms with Crippen molar-refractivity contribution in [2.24, 2.45) is 5.92 Å². The van der Waals surface area contributed by atoms with Crippen LogP contribution in [0.25, 0.3) is 0 Å². The van der Waals surface area contributed by atoms with Crippen molar-refractivity contribution < 1.29 is 5.11 Å². The van der Waals surface area contributed by atoms with E-state index in [0.717, 1.165) is 37.5 Å². The molecule has 1 aromatic rings. The highest BCUT2D eigenvalue weighted by Crippen LogP contribution is 2.20. The van der Waals surface area contributed by atoms with E-state index in [4.69, 9.17) is 11.6 Å². The molecular formula is C17H28ClNO. The van der Waals surface area contributed by atoms with Crippen LogP contribution in [0.5, 0.6) is 0 Å². The molecule has 0 saturated carbocycles. The summed E-state index contributed by atoms with van der Waals surface area (Å²) in [6, 6.07) is 7.48. The summed E-state index contributed by atoms with van der Waals surface area (Å²) >= 11 is 5.87. The van der Waals surface area contributed by atoms with Gasteiger partial charge in [-0.25, -0.2) is 0 Å². The number of hydrogen-bond acceptors (Lipinski definition) is 2. The second kappa shape index (κ2) is 9.38. The molecule has 0 amide bonds. The summed E-state index contributed by atoms with van der Waals surface area (Å²) in [7, 11) is 0. The maximum absolute atomic E-state index is 10.2. The first kappa shape index (κ1) is 17.5. The van der Waals surface area contributed by atoms with Gasteiger partial charge < -0.3 is 10.0 Å². The van der Waals surface area contributed by atoms with Gasteiger partial charge in [-0.2, -0.15) is 0 Å². The van der Waals surface area contributed by atoms with Crippen LogP contribution in [-0.2, 0) is 0 Å². The van der Waals surface area contributed by atoms with Gasteiger partial charge in [-0.3, -0.25) is 0 Å². The van der Waals surface area contributed by atoms with E-state index in [1.54, 1.807) is 0 Å². The Morgan fingerprint density at radius 3 is 2.20 bits per heavy atom. The lowest BCUT2D eigenvalue weighted by molar-refractivity contribution is 0.136. The number of hydrogen-bond donors (Lipinski definition) is 1. The fraction of sp³-hybridized carbons (Fsp3) is 0.647. The molecule has 3 heteroatoms. The third-order valence-corrected chi connectivity index (χ3v) is 4.34. The zero-order valence-electron chi connectivity index (χ0n) is 13.0. The van der Waals surface area contributed by atoms with Gasteiger partial charge in [-0.15, -0.1) is 0 Å². The van der Waals surface area contributed by atoms with Gasteiger partial charge in [-0.05, 0) is 36.6 Å². The van der Waals surface area contributed by atoms with E-state index in [9.17, 15) is 5.11 Å². The Bertz CT molecular complexity index is 362. The molecule has 0 aliphatic rings. The number of halogens is 1. The summed E-state index contributed by atoms with van der Waals surface area (Å²) in [5, 5.41) is 10.9. The van der Waals surface area contributed by atoms with Crippen LogP contribution in [0.15, 0.2) is 24.3 Å². The third kappa shape index (κ3) is 5.82. The fourth-order valence-electron chi connectivity index (χ4n) is 2.45. The first-order valence-electron chi connectivity index (χ1n) is 7.76. The Morgan fingerprint density at radius 2 is 1.70 bits per heavy atom. The summed E-state index contributed by atoms with van der Waals surface area (Å²) in [6.45, 7) is 9.82. The van der Waals surface area contributed by atoms with Gasteiger partial charge in [0.1, 0.15) is 0 Å². The predicted molar refractivity (Wildman–Crippen MR) is 87.2 cm³/mol. The third-order valence-electron chi connectivity index (χ3n) is 4.09. The maximum Gasteiger partial charge on any atom is 0.0802 e. The van der Waals surface area contributed by atoms with Crippen molar-refractivity contribution in [1.29, 1.82) is 0 Å². The zero-order chi connectivity index (χ0) is 15.0. The fourth-order valence-corrected chi connectivity index (χ4v) is 2.57. The highest BCUT2D eigenvalue weighted by molar-refractivity contribution is 6.30. The van der Waals surface area contributed by atoms with Gasteiger partial charge in [0, 0.05) is 18.1 Å². The summed E-state index contributed by atoms with van der Waals surface area (Å²) < 4.78 is 0. The number of aliphatic hydroxyl groups is 1. The van der Waals surface area contributed by atoms with Gasteiger partial charge in [0.25, 0.3) is 0 Å². The Balaban J connectivity index is 2.45. The number of rotatable bonds is 9. The van der Waals surface area contributed by atoms with Crippen LogP contribution >= 0.6 is 11.6 Å². The van der Waals surface area contributed by atoms with Crippen molar-refractivity contribution in [3.8, 4) is 0 Å². The quantitative estimate of drug-likeness (QED) is 0.724. The molecule has 0 fully saturated rings. The molecule has 0 spiro atoms. The lowest BCUT2D eigenvalue weighted by Crippen LogP contribution is -2.31. The molecule has 0 saturated heterocycles. The lowest BCUT2D eigenvalue weighted by atomic mass is 10.0. The summed E-state index contributed by atoms with van der Waals surface area (Å²) in [4.78, 5) is 2.44. The molecule has 0 heterocycles. The molecule has 1 atom stereocenters. The SMILES string of the molecule is CCC(CC)CN(CC)CCC(O)c1ccc(Cl)cc1. The zero-order valence-corrected chi connectivity index (χ0v) is 13.7. The molecule has 2 nitrogen and oxygen atoms in total. The van der Waals surface area contributed by atoms with Gasteiger partial charge >= 0.3 is 0 Å². The monoisotopic (exact) mass is 297 g/mol. The second-order valence-electron chi connectivity index (χ2n) is 5.43. The van der Waals surface area contributed by atoms with Crippen molar-refractivity contribution in [3.63, 3.8) is 0 Å². The van der Waals surface area contributed by atoms with Crippen LogP contribution in [0.2, 0.25) is 5.02 Å². The van der Waals surface area contributed by atoms with Crippen LogP contribution < -0.4 is 0 Å². The van der Waals surface area contributed by atoms with E-state index in [0.29, 0.717) is 5.02 Å². The molecule has 1 aromatic carbocycles. The Kier molecular flexibility index (Phi) is 8.20. The first-order valence-corrected chi connectivity index (χ1v) is 8.14. The molecular weight excluding hydrogens is 270 g/mol. The van der Waals surface area contributed by atoms with Crippen LogP contribution in [-0.4, -0.2) is 29.6 Å². The van der Waals surface area contributed by atoms with Crippen molar-refractivity contribution in [1.82, 2.24) is 4.90 Å². The molecule has 1 N–H and O–H groups in total. The highest BCUT2D eigenvalue weighted by atomic mass is 35.5. The molecule has 0 aromatic heterocycles. The normalized spacial score (nSPS) is 13.2. The second-order valence-corrected chi connectivity index (χ2v) is 5.87. The van der Waals surface area contributed by atoms with E-state index in [-0.39, 0.29) is 0 Å². The Hall–Kier alpha value is -0.570. The molecule has 20 heavy (non-hydrogen) atoms. The molecule has 0 radical (unpaired) electrons. The Labute approximate surface area is 128 Å². The van der Waals surface area contributed by atoms with E-state index in [1.807, 2.05) is 24.3 Å². The number of aliphatic hydroxyl groups excluding tert-OH is 1. The minimum Gasteiger partial charge on any atom is -0.388 e. The molecule has 1 rings (SSSR count). The van der Waals surface area contributed by atoms with Crippen molar-refractivity contribution >= 4 is 11.6 Å². The summed E-state index contributed by atoms with van der Waals surface area (Å²) in [5.41, 5.74) is 0.952. The molecule has 114 valence electrons. The lowest BCUT2D eigenvalue weighted by Gasteiger charge is -2.26. The smallest absolute Gasteiger partial charge is 0.0802 e. The minimum absolute atomic E-state index is 0.400. The highest BCUT2D eigenvalue weighted by Gasteiger charge is 2.13. The maximum atomic E-state index is 10.2. The van der Waals surface area contributed by atoms with Crippen LogP contribution in [0.4, 0.5) is 0 Å². The van der Waals surface area contributed by atoms with Gasteiger partial charge in [-0.1, -0.05) is 57.3 Å². The first-order chi connectivity index (χ1) is 9.60. The van der Waals surface area contributed by atoms with Crippen molar-refractivity contribution in [3.05, 3.63) is 34.9 Å². The molecule has 0 aliphatic carbocycles. The Morgan fingerprint density at radius 1 is 1.10 bits per heavy atom. The minimum atomic E-state index is -0.400. The largest absolute Gasteiger partial charge is 0.388 e. The van der Waals surface area contributed by atoms with Crippen molar-refractivity contribution in [2.75, 3.05) is 19.6 Å². The summed E-state index contributed by atoms with van der Waals surface area (Å²) in [6.07, 6.45) is 2.83. The van der Waals surface area contributed by atoms with Crippen LogP contribution in [0.1, 0.15) is 51.7 Å². The van der Waals surface area contributed by atoms with E-state index in [1.165, 1.54) is 12.8 Å². The average Bonchev–Trinajstić information content (AvgIpc) is 2.48. The number of benzene rings is 1. The summed E-state index contributed by atoms with van der Waals surface area (Å²) in [5.74, 6) is 0.766. The topological polar surface area (TPSA) is 23.5 Å². The van der Waals surface area contributed by atoms with E-state index >= 15 is 0 Å². The van der Waals surface area contributed by atoms with E-state index < -0.39 is 6.10 Å². The van der Waals surface area contributed by atoms with Gasteiger partial charge in [0.2, 0.25) is 0 Å². The predicted octanol–water partition coefficient (Wildman–Crippen LogP) is 4.52.